The molecule has 0 aliphatic rings. The fraction of sp³-hybridized carbons (Fsp3) is 0.467. The summed E-state index contributed by atoms with van der Waals surface area (Å²) in [5, 5.41) is 14.4. The largest absolute Gasteiger partial charge is 0.478 e. The first-order chi connectivity index (χ1) is 9.90. The van der Waals surface area contributed by atoms with Crippen molar-refractivity contribution in [3.8, 4) is 0 Å². The molecule has 0 bridgehead atoms. The van der Waals surface area contributed by atoms with Gasteiger partial charge in [0.05, 0.1) is 5.56 Å². The normalized spacial score (nSPS) is 10.5. The average molecular weight is 293 g/mol. The number of carboxylic acid groups (broad SMARTS) is 1. The van der Waals surface area contributed by atoms with Gasteiger partial charge in [-0.1, -0.05) is 0 Å². The highest BCUT2D eigenvalue weighted by Gasteiger charge is 2.07. The molecule has 21 heavy (non-hydrogen) atoms. The highest BCUT2D eigenvalue weighted by Crippen LogP contribution is 2.16. The van der Waals surface area contributed by atoms with E-state index in [1.54, 1.807) is 13.0 Å². The van der Waals surface area contributed by atoms with Gasteiger partial charge in [-0.25, -0.2) is 9.59 Å². The molecule has 116 valence electrons. The van der Waals surface area contributed by atoms with Gasteiger partial charge in [-0.15, -0.1) is 0 Å². The summed E-state index contributed by atoms with van der Waals surface area (Å²) in [5.74, 6) is -0.977. The second-order valence-corrected chi connectivity index (χ2v) is 5.23. The van der Waals surface area contributed by atoms with Crippen LogP contribution in [-0.2, 0) is 0 Å². The molecule has 6 heteroatoms. The summed E-state index contributed by atoms with van der Waals surface area (Å²) in [5.41, 5.74) is 1.55. The third kappa shape index (κ3) is 6.27. The zero-order chi connectivity index (χ0) is 15.8. The van der Waals surface area contributed by atoms with Gasteiger partial charge in [-0.3, -0.25) is 0 Å². The predicted octanol–water partition coefficient (Wildman–Crippen LogP) is 2.16. The second kappa shape index (κ2) is 8.26. The van der Waals surface area contributed by atoms with Gasteiger partial charge >= 0.3 is 12.0 Å². The number of hydrogen-bond acceptors (Lipinski definition) is 3. The number of carbonyl (C=O) groups is 2. The van der Waals surface area contributed by atoms with Crippen molar-refractivity contribution in [2.45, 2.75) is 19.8 Å². The Kier molecular flexibility index (Phi) is 6.68. The van der Waals surface area contributed by atoms with Gasteiger partial charge in [0.15, 0.2) is 0 Å². The molecule has 1 rings (SSSR count). The molecule has 3 N–H and O–H groups in total. The molecular formula is C15H23N3O3. The lowest BCUT2D eigenvalue weighted by Crippen LogP contribution is -2.30. The molecule has 1 aromatic carbocycles. The van der Waals surface area contributed by atoms with Gasteiger partial charge in [0.25, 0.3) is 0 Å². The van der Waals surface area contributed by atoms with Crippen LogP contribution in [0.15, 0.2) is 18.2 Å². The van der Waals surface area contributed by atoms with E-state index in [2.05, 4.69) is 15.5 Å². The number of hydrogen-bond donors (Lipinski definition) is 3. The van der Waals surface area contributed by atoms with Crippen LogP contribution < -0.4 is 10.6 Å². The zero-order valence-corrected chi connectivity index (χ0v) is 12.8. The van der Waals surface area contributed by atoms with E-state index in [0.29, 0.717) is 12.2 Å². The smallest absolute Gasteiger partial charge is 0.335 e. The Morgan fingerprint density at radius 3 is 2.52 bits per heavy atom. The van der Waals surface area contributed by atoms with Crippen LogP contribution in [0.2, 0.25) is 0 Å². The first kappa shape index (κ1) is 17.0. The fourth-order valence-corrected chi connectivity index (χ4v) is 1.86. The minimum absolute atomic E-state index is 0.210. The minimum atomic E-state index is -0.977. The summed E-state index contributed by atoms with van der Waals surface area (Å²) in [7, 11) is 4.04. The number of nitrogens with one attached hydrogen (secondary N) is 2. The van der Waals surface area contributed by atoms with Crippen LogP contribution in [0, 0.1) is 6.92 Å². The maximum atomic E-state index is 11.7. The van der Waals surface area contributed by atoms with Gasteiger partial charge in [0, 0.05) is 12.2 Å². The average Bonchev–Trinajstić information content (AvgIpc) is 2.40. The van der Waals surface area contributed by atoms with E-state index in [0.717, 1.165) is 24.9 Å². The van der Waals surface area contributed by atoms with Gasteiger partial charge in [-0.2, -0.15) is 0 Å². The Balaban J connectivity index is 2.39. The summed E-state index contributed by atoms with van der Waals surface area (Å²) in [6.07, 6.45) is 1.95. The molecular weight excluding hydrogens is 270 g/mol. The lowest BCUT2D eigenvalue weighted by Gasteiger charge is -2.11. The van der Waals surface area contributed by atoms with Crippen molar-refractivity contribution in [1.29, 1.82) is 0 Å². The number of rotatable bonds is 7. The number of carbonyl (C=O) groups excluding carboxylic acids is 1. The Morgan fingerprint density at radius 2 is 1.95 bits per heavy atom. The Hall–Kier alpha value is -2.08. The second-order valence-electron chi connectivity index (χ2n) is 5.23. The standard InChI is InChI=1S/C15H23N3O3/c1-11-10-12(14(19)20)6-7-13(11)17-15(21)16-8-4-5-9-18(2)3/h6-7,10H,4-5,8-9H2,1-3H3,(H,19,20)(H2,16,17,21). The van der Waals surface area contributed by atoms with Crippen LogP contribution in [0.1, 0.15) is 28.8 Å². The third-order valence-corrected chi connectivity index (χ3v) is 3.04. The molecule has 0 aromatic heterocycles. The Morgan fingerprint density at radius 1 is 1.24 bits per heavy atom. The quantitative estimate of drug-likeness (QED) is 0.673. The van der Waals surface area contributed by atoms with Gasteiger partial charge in [0.1, 0.15) is 0 Å². The van der Waals surface area contributed by atoms with E-state index in [1.165, 1.54) is 12.1 Å². The van der Waals surface area contributed by atoms with Crippen molar-refractivity contribution in [3.63, 3.8) is 0 Å². The van der Waals surface area contributed by atoms with E-state index >= 15 is 0 Å². The molecule has 0 heterocycles. The maximum Gasteiger partial charge on any atom is 0.335 e. The van der Waals surface area contributed by atoms with Crippen LogP contribution in [0.5, 0.6) is 0 Å². The molecule has 0 atom stereocenters. The number of carboxylic acids is 1. The molecule has 0 saturated carbocycles. The molecule has 0 saturated heterocycles. The maximum absolute atomic E-state index is 11.7. The van der Waals surface area contributed by atoms with Crippen LogP contribution >= 0.6 is 0 Å². The van der Waals surface area contributed by atoms with Gasteiger partial charge in [-0.05, 0) is 64.2 Å². The van der Waals surface area contributed by atoms with Crippen LogP contribution in [0.3, 0.4) is 0 Å². The number of aromatic carboxylic acids is 1. The number of benzene rings is 1. The molecule has 0 radical (unpaired) electrons. The van der Waals surface area contributed by atoms with Crippen molar-refractivity contribution in [2.75, 3.05) is 32.5 Å². The first-order valence-electron chi connectivity index (χ1n) is 6.93. The monoisotopic (exact) mass is 293 g/mol. The number of unbranched alkanes of at least 4 members (excludes halogenated alkanes) is 1. The van der Waals surface area contributed by atoms with E-state index in [9.17, 15) is 9.59 Å². The number of nitrogens with zero attached hydrogens (tertiary/aromatic N) is 1. The summed E-state index contributed by atoms with van der Waals surface area (Å²) in [6.45, 7) is 3.38. The number of anilines is 1. The minimum Gasteiger partial charge on any atom is -0.478 e. The summed E-state index contributed by atoms with van der Waals surface area (Å²) in [6, 6.07) is 4.34. The van der Waals surface area contributed by atoms with E-state index in [-0.39, 0.29) is 11.6 Å². The van der Waals surface area contributed by atoms with Crippen molar-refractivity contribution < 1.29 is 14.7 Å². The van der Waals surface area contributed by atoms with Gasteiger partial charge in [0.2, 0.25) is 0 Å². The highest BCUT2D eigenvalue weighted by atomic mass is 16.4. The molecule has 0 aliphatic heterocycles. The molecule has 0 aliphatic carbocycles. The molecule has 2 amide bonds. The fourth-order valence-electron chi connectivity index (χ4n) is 1.86. The van der Waals surface area contributed by atoms with Crippen LogP contribution in [0.4, 0.5) is 10.5 Å². The predicted molar refractivity (Wildman–Crippen MR) is 82.9 cm³/mol. The lowest BCUT2D eigenvalue weighted by atomic mass is 10.1. The third-order valence-electron chi connectivity index (χ3n) is 3.04. The van der Waals surface area contributed by atoms with Crippen LogP contribution in [-0.4, -0.2) is 49.2 Å². The van der Waals surface area contributed by atoms with Crippen molar-refractivity contribution in [3.05, 3.63) is 29.3 Å². The number of amides is 2. The molecule has 1 aromatic rings. The van der Waals surface area contributed by atoms with Crippen LogP contribution in [0.25, 0.3) is 0 Å². The highest BCUT2D eigenvalue weighted by molar-refractivity contribution is 5.92. The van der Waals surface area contributed by atoms with E-state index in [4.69, 9.17) is 5.11 Å². The SMILES string of the molecule is Cc1cc(C(=O)O)ccc1NC(=O)NCCCCN(C)C. The summed E-state index contributed by atoms with van der Waals surface area (Å²) >= 11 is 0. The zero-order valence-electron chi connectivity index (χ0n) is 12.8. The van der Waals surface area contributed by atoms with E-state index < -0.39 is 5.97 Å². The Bertz CT molecular complexity index is 501. The Labute approximate surface area is 125 Å². The van der Waals surface area contributed by atoms with Crippen molar-refractivity contribution in [2.24, 2.45) is 0 Å². The molecule has 6 nitrogen and oxygen atoms in total. The number of urea groups is 1. The van der Waals surface area contributed by atoms with Crippen molar-refractivity contribution in [1.82, 2.24) is 10.2 Å². The topological polar surface area (TPSA) is 81.7 Å². The summed E-state index contributed by atoms with van der Waals surface area (Å²) in [4.78, 5) is 24.7. The molecule has 0 unspecified atom stereocenters. The van der Waals surface area contributed by atoms with E-state index in [1.807, 2.05) is 14.1 Å². The number of aryl methyl sites for hydroxylation is 1. The molecule has 0 fully saturated rings. The first-order valence-corrected chi connectivity index (χ1v) is 6.93. The summed E-state index contributed by atoms with van der Waals surface area (Å²) < 4.78 is 0. The van der Waals surface area contributed by atoms with Crippen molar-refractivity contribution >= 4 is 17.7 Å². The lowest BCUT2D eigenvalue weighted by molar-refractivity contribution is 0.0697. The van der Waals surface area contributed by atoms with Gasteiger partial charge < -0.3 is 20.6 Å². The molecule has 0 spiro atoms.